The van der Waals surface area contributed by atoms with E-state index in [0.717, 1.165) is 10.5 Å². The minimum atomic E-state index is -0.582. The van der Waals surface area contributed by atoms with Crippen LogP contribution >= 0.6 is 0 Å². The molecule has 1 aromatic rings. The normalized spacial score (nSPS) is 9.25. The molecule has 0 aromatic heterocycles. The molecule has 0 spiro atoms. The standard InChI is InChI=1S/C12H14N2O2/c1-2-16-12(15)14(10-13)9-8-11-6-4-3-5-7-11/h3-7H,2,8-9H2,1H3. The minimum absolute atomic E-state index is 0.280. The first-order valence-corrected chi connectivity index (χ1v) is 5.16. The maximum absolute atomic E-state index is 11.3. The third kappa shape index (κ3) is 3.62. The molecule has 16 heavy (non-hydrogen) atoms. The fourth-order valence-electron chi connectivity index (χ4n) is 1.27. The number of carbonyl (C=O) groups is 1. The molecule has 0 aliphatic carbocycles. The van der Waals surface area contributed by atoms with Gasteiger partial charge in [0, 0.05) is 6.54 Å². The molecule has 0 N–H and O–H groups in total. The Bertz CT molecular complexity index is 370. The van der Waals surface area contributed by atoms with Gasteiger partial charge in [-0.3, -0.25) is 0 Å². The summed E-state index contributed by atoms with van der Waals surface area (Å²) in [6.07, 6.45) is 1.88. The first kappa shape index (κ1) is 12.1. The predicted molar refractivity (Wildman–Crippen MR) is 59.5 cm³/mol. The van der Waals surface area contributed by atoms with Crippen LogP contribution in [0.15, 0.2) is 30.3 Å². The summed E-state index contributed by atoms with van der Waals surface area (Å²) in [5.74, 6) is 0. The molecule has 0 heterocycles. The van der Waals surface area contributed by atoms with Crippen LogP contribution in [-0.4, -0.2) is 24.1 Å². The van der Waals surface area contributed by atoms with Crippen LogP contribution in [0.4, 0.5) is 4.79 Å². The number of carbonyl (C=O) groups excluding carboxylic acids is 1. The number of hydrogen-bond acceptors (Lipinski definition) is 3. The molecule has 0 bridgehead atoms. The third-order valence-corrected chi connectivity index (χ3v) is 2.08. The molecule has 0 unspecified atom stereocenters. The molecule has 0 aliphatic heterocycles. The SMILES string of the molecule is CCOC(=O)N(C#N)CCc1ccccc1. The Labute approximate surface area is 95.0 Å². The van der Waals surface area contributed by atoms with E-state index in [9.17, 15) is 4.79 Å². The largest absolute Gasteiger partial charge is 0.449 e. The highest BCUT2D eigenvalue weighted by atomic mass is 16.6. The van der Waals surface area contributed by atoms with Crippen molar-refractivity contribution in [3.05, 3.63) is 35.9 Å². The van der Waals surface area contributed by atoms with Crippen LogP contribution in [0.3, 0.4) is 0 Å². The summed E-state index contributed by atoms with van der Waals surface area (Å²) < 4.78 is 4.75. The van der Waals surface area contributed by atoms with Gasteiger partial charge in [-0.15, -0.1) is 0 Å². The quantitative estimate of drug-likeness (QED) is 0.575. The summed E-state index contributed by atoms with van der Waals surface area (Å²) in [7, 11) is 0. The lowest BCUT2D eigenvalue weighted by atomic mass is 10.1. The maximum Gasteiger partial charge on any atom is 0.423 e. The zero-order valence-electron chi connectivity index (χ0n) is 9.22. The topological polar surface area (TPSA) is 53.3 Å². The number of benzene rings is 1. The van der Waals surface area contributed by atoms with Crippen LogP contribution in [0.5, 0.6) is 0 Å². The zero-order chi connectivity index (χ0) is 11.8. The molecule has 0 saturated carbocycles. The molecular weight excluding hydrogens is 204 g/mol. The van der Waals surface area contributed by atoms with Gasteiger partial charge in [0.2, 0.25) is 0 Å². The van der Waals surface area contributed by atoms with Gasteiger partial charge in [-0.05, 0) is 18.9 Å². The van der Waals surface area contributed by atoms with Gasteiger partial charge >= 0.3 is 6.09 Å². The summed E-state index contributed by atoms with van der Waals surface area (Å²) in [6, 6.07) is 9.70. The van der Waals surface area contributed by atoms with Crippen molar-refractivity contribution in [1.82, 2.24) is 4.90 Å². The van der Waals surface area contributed by atoms with Crippen molar-refractivity contribution in [2.45, 2.75) is 13.3 Å². The Kier molecular flexibility index (Phi) is 4.87. The lowest BCUT2D eigenvalue weighted by Gasteiger charge is -2.12. The molecule has 1 aromatic carbocycles. The van der Waals surface area contributed by atoms with Gasteiger partial charge in [-0.25, -0.2) is 9.69 Å². The summed E-state index contributed by atoms with van der Waals surface area (Å²) in [5, 5.41) is 8.78. The average Bonchev–Trinajstić information content (AvgIpc) is 2.31. The molecule has 0 atom stereocenters. The van der Waals surface area contributed by atoms with Crippen LogP contribution in [0.1, 0.15) is 12.5 Å². The molecule has 0 fully saturated rings. The maximum atomic E-state index is 11.3. The van der Waals surface area contributed by atoms with E-state index in [1.807, 2.05) is 36.5 Å². The van der Waals surface area contributed by atoms with Gasteiger partial charge < -0.3 is 4.74 Å². The Morgan fingerprint density at radius 1 is 1.44 bits per heavy atom. The number of ether oxygens (including phenoxy) is 1. The fourth-order valence-corrected chi connectivity index (χ4v) is 1.27. The second kappa shape index (κ2) is 6.46. The number of nitrogens with zero attached hydrogens (tertiary/aromatic N) is 2. The van der Waals surface area contributed by atoms with Crippen molar-refractivity contribution in [3.8, 4) is 6.19 Å². The number of nitriles is 1. The van der Waals surface area contributed by atoms with Crippen LogP contribution in [0, 0.1) is 11.5 Å². The highest BCUT2D eigenvalue weighted by Gasteiger charge is 2.12. The second-order valence-electron chi connectivity index (χ2n) is 3.19. The van der Waals surface area contributed by atoms with E-state index in [1.165, 1.54) is 0 Å². The summed E-state index contributed by atoms with van der Waals surface area (Å²) in [4.78, 5) is 12.3. The zero-order valence-corrected chi connectivity index (χ0v) is 9.22. The fraction of sp³-hybridized carbons (Fsp3) is 0.333. The Balaban J connectivity index is 2.47. The Morgan fingerprint density at radius 3 is 2.69 bits per heavy atom. The molecule has 1 amide bonds. The molecular formula is C12H14N2O2. The minimum Gasteiger partial charge on any atom is -0.449 e. The molecule has 0 saturated heterocycles. The smallest absolute Gasteiger partial charge is 0.423 e. The van der Waals surface area contributed by atoms with E-state index in [2.05, 4.69) is 0 Å². The van der Waals surface area contributed by atoms with E-state index >= 15 is 0 Å². The van der Waals surface area contributed by atoms with Crippen molar-refractivity contribution in [2.24, 2.45) is 0 Å². The predicted octanol–water partition coefficient (Wildman–Crippen LogP) is 2.17. The van der Waals surface area contributed by atoms with E-state index in [0.29, 0.717) is 13.0 Å². The van der Waals surface area contributed by atoms with Gasteiger partial charge in [0.05, 0.1) is 6.61 Å². The van der Waals surface area contributed by atoms with Crippen molar-refractivity contribution >= 4 is 6.09 Å². The number of amides is 1. The van der Waals surface area contributed by atoms with E-state index in [4.69, 9.17) is 10.00 Å². The molecule has 0 radical (unpaired) electrons. The van der Waals surface area contributed by atoms with E-state index in [-0.39, 0.29) is 6.61 Å². The summed E-state index contributed by atoms with van der Waals surface area (Å²) in [5.41, 5.74) is 1.09. The lowest BCUT2D eigenvalue weighted by Crippen LogP contribution is -2.28. The summed E-state index contributed by atoms with van der Waals surface area (Å²) >= 11 is 0. The van der Waals surface area contributed by atoms with Gasteiger partial charge in [-0.2, -0.15) is 5.26 Å². The second-order valence-corrected chi connectivity index (χ2v) is 3.19. The summed E-state index contributed by atoms with van der Waals surface area (Å²) in [6.45, 7) is 2.34. The van der Waals surface area contributed by atoms with Crippen molar-refractivity contribution in [2.75, 3.05) is 13.2 Å². The Morgan fingerprint density at radius 2 is 2.12 bits per heavy atom. The monoisotopic (exact) mass is 218 g/mol. The van der Waals surface area contributed by atoms with Crippen molar-refractivity contribution in [1.29, 1.82) is 5.26 Å². The molecule has 1 rings (SSSR count). The van der Waals surface area contributed by atoms with Crippen LogP contribution < -0.4 is 0 Å². The Hall–Kier alpha value is -2.02. The molecule has 84 valence electrons. The van der Waals surface area contributed by atoms with E-state index in [1.54, 1.807) is 6.92 Å². The lowest BCUT2D eigenvalue weighted by molar-refractivity contribution is 0.125. The van der Waals surface area contributed by atoms with Gasteiger partial charge in [0.1, 0.15) is 0 Å². The van der Waals surface area contributed by atoms with Crippen LogP contribution in [0.2, 0.25) is 0 Å². The van der Waals surface area contributed by atoms with Gasteiger partial charge in [-0.1, -0.05) is 30.3 Å². The van der Waals surface area contributed by atoms with Crippen molar-refractivity contribution in [3.63, 3.8) is 0 Å². The number of rotatable bonds is 4. The van der Waals surface area contributed by atoms with Gasteiger partial charge in [0.15, 0.2) is 6.19 Å². The van der Waals surface area contributed by atoms with Gasteiger partial charge in [0.25, 0.3) is 0 Å². The highest BCUT2D eigenvalue weighted by molar-refractivity contribution is 5.69. The first-order valence-electron chi connectivity index (χ1n) is 5.16. The third-order valence-electron chi connectivity index (χ3n) is 2.08. The average molecular weight is 218 g/mol. The molecule has 0 aliphatic rings. The van der Waals surface area contributed by atoms with Crippen molar-refractivity contribution < 1.29 is 9.53 Å². The van der Waals surface area contributed by atoms with Crippen LogP contribution in [-0.2, 0) is 11.2 Å². The van der Waals surface area contributed by atoms with Crippen LogP contribution in [0.25, 0.3) is 0 Å². The first-order chi connectivity index (χ1) is 7.77. The molecule has 4 heteroatoms. The highest BCUT2D eigenvalue weighted by Crippen LogP contribution is 2.02. The molecule has 4 nitrogen and oxygen atoms in total. The van der Waals surface area contributed by atoms with E-state index < -0.39 is 6.09 Å². The number of hydrogen-bond donors (Lipinski definition) is 0.